The van der Waals surface area contributed by atoms with E-state index < -0.39 is 10.0 Å². The Morgan fingerprint density at radius 1 is 1.00 bits per heavy atom. The summed E-state index contributed by atoms with van der Waals surface area (Å²) in [5.41, 5.74) is 7.31. The molecule has 2 heterocycles. The summed E-state index contributed by atoms with van der Waals surface area (Å²) in [5.74, 6) is 0.359. The monoisotopic (exact) mass is 406 g/mol. The topological polar surface area (TPSA) is 90.5 Å². The summed E-state index contributed by atoms with van der Waals surface area (Å²) in [6.45, 7) is 1.61. The van der Waals surface area contributed by atoms with Gasteiger partial charge in [0.05, 0.1) is 4.90 Å². The molecule has 4 rings (SSSR count). The molecule has 1 saturated carbocycles. The second-order valence-corrected chi connectivity index (χ2v) is 10.1. The zero-order chi connectivity index (χ0) is 19.6. The molecule has 0 radical (unpaired) electrons. The molecular formula is C20H30N4O3S. The zero-order valence-electron chi connectivity index (χ0n) is 16.2. The molecule has 2 saturated heterocycles. The second-order valence-electron chi connectivity index (χ2n) is 8.15. The third-order valence-electron chi connectivity index (χ3n) is 6.30. The minimum atomic E-state index is -3.41. The molecule has 3 atom stereocenters. The van der Waals surface area contributed by atoms with Gasteiger partial charge < -0.3 is 5.32 Å². The van der Waals surface area contributed by atoms with Crippen molar-refractivity contribution in [3.63, 3.8) is 0 Å². The molecule has 2 aliphatic heterocycles. The Morgan fingerprint density at radius 3 is 2.46 bits per heavy atom. The molecule has 0 bridgehead atoms. The molecule has 1 aromatic carbocycles. The molecule has 3 aliphatic rings. The van der Waals surface area contributed by atoms with Crippen LogP contribution in [0.1, 0.15) is 50.5 Å². The van der Waals surface area contributed by atoms with E-state index in [9.17, 15) is 13.2 Å². The molecule has 7 nitrogen and oxygen atoms in total. The first-order chi connectivity index (χ1) is 13.6. The Hall–Kier alpha value is -1.48. The number of carbonyl (C=O) groups is 1. The quantitative estimate of drug-likeness (QED) is 0.690. The van der Waals surface area contributed by atoms with Crippen molar-refractivity contribution in [2.45, 2.75) is 68.5 Å². The van der Waals surface area contributed by atoms with E-state index in [1.54, 1.807) is 28.6 Å². The van der Waals surface area contributed by atoms with Gasteiger partial charge in [-0.25, -0.2) is 13.8 Å². The van der Waals surface area contributed by atoms with Gasteiger partial charge in [0.25, 0.3) is 0 Å². The van der Waals surface area contributed by atoms with Crippen molar-refractivity contribution < 1.29 is 13.2 Å². The van der Waals surface area contributed by atoms with Gasteiger partial charge in [-0.1, -0.05) is 31.4 Å². The summed E-state index contributed by atoms with van der Waals surface area (Å²) in [5, 5.41) is 2.99. The highest BCUT2D eigenvalue weighted by molar-refractivity contribution is 7.89. The fourth-order valence-corrected chi connectivity index (χ4v) is 6.15. The minimum absolute atomic E-state index is 0.00640. The maximum absolute atomic E-state index is 12.7. The Morgan fingerprint density at radius 2 is 1.71 bits per heavy atom. The van der Waals surface area contributed by atoms with Crippen LogP contribution in [0.2, 0.25) is 0 Å². The number of hydrazine groups is 1. The first-order valence-electron chi connectivity index (χ1n) is 10.4. The van der Waals surface area contributed by atoms with Crippen LogP contribution in [0.25, 0.3) is 0 Å². The van der Waals surface area contributed by atoms with Crippen molar-refractivity contribution in [1.82, 2.24) is 20.5 Å². The standard InChI is InChI=1S/C20H30N4O3S/c25-20(19-17-6-2-3-7-18(17)22-23-19)21-14-15-8-10-16(11-9-15)28(26,27)24-12-4-1-5-13-24/h8-11,17-19,22-23H,1-7,12-14H2,(H,21,25). The Bertz CT molecular complexity index is 790. The molecule has 1 aliphatic carbocycles. The van der Waals surface area contributed by atoms with E-state index in [0.717, 1.165) is 37.7 Å². The highest BCUT2D eigenvalue weighted by Gasteiger charge is 2.40. The SMILES string of the molecule is O=C(NCc1ccc(S(=O)(=O)N2CCCCC2)cc1)C1NNC2CCCCC21. The summed E-state index contributed by atoms with van der Waals surface area (Å²) < 4.78 is 27.0. The third kappa shape index (κ3) is 4.10. The fourth-order valence-electron chi connectivity index (χ4n) is 4.63. The zero-order valence-corrected chi connectivity index (χ0v) is 17.0. The maximum atomic E-state index is 12.7. The molecule has 3 N–H and O–H groups in total. The number of sulfonamides is 1. The molecule has 28 heavy (non-hydrogen) atoms. The first kappa shape index (κ1) is 19.8. The third-order valence-corrected chi connectivity index (χ3v) is 8.21. The molecular weight excluding hydrogens is 376 g/mol. The minimum Gasteiger partial charge on any atom is -0.351 e. The van der Waals surface area contributed by atoms with Crippen LogP contribution >= 0.6 is 0 Å². The van der Waals surface area contributed by atoms with Crippen LogP contribution in [0, 0.1) is 5.92 Å². The predicted molar refractivity (Wildman–Crippen MR) is 107 cm³/mol. The highest BCUT2D eigenvalue weighted by atomic mass is 32.2. The van der Waals surface area contributed by atoms with Gasteiger partial charge in [0.15, 0.2) is 0 Å². The Kier molecular flexibility index (Phi) is 6.01. The van der Waals surface area contributed by atoms with Gasteiger partial charge in [0.1, 0.15) is 6.04 Å². The largest absolute Gasteiger partial charge is 0.351 e. The summed E-state index contributed by atoms with van der Waals surface area (Å²) >= 11 is 0. The average molecular weight is 407 g/mol. The van der Waals surface area contributed by atoms with Gasteiger partial charge in [0.2, 0.25) is 15.9 Å². The van der Waals surface area contributed by atoms with Gasteiger partial charge >= 0.3 is 0 Å². The molecule has 1 aromatic rings. The lowest BCUT2D eigenvalue weighted by Gasteiger charge is -2.26. The van der Waals surface area contributed by atoms with Crippen LogP contribution in [0.5, 0.6) is 0 Å². The molecule has 0 aromatic heterocycles. The molecule has 1 amide bonds. The predicted octanol–water partition coefficient (Wildman–Crippen LogP) is 1.51. The first-order valence-corrected chi connectivity index (χ1v) is 11.9. The number of nitrogens with zero attached hydrogens (tertiary/aromatic N) is 1. The van der Waals surface area contributed by atoms with Gasteiger partial charge in [-0.05, 0) is 43.4 Å². The second kappa shape index (κ2) is 8.49. The fraction of sp³-hybridized carbons (Fsp3) is 0.650. The van der Waals surface area contributed by atoms with Gasteiger partial charge in [0, 0.05) is 31.6 Å². The van der Waals surface area contributed by atoms with Crippen LogP contribution in [0.15, 0.2) is 29.2 Å². The van der Waals surface area contributed by atoms with Crippen molar-refractivity contribution in [2.24, 2.45) is 5.92 Å². The number of fused-ring (bicyclic) bond motifs is 1. The van der Waals surface area contributed by atoms with Crippen LogP contribution in [-0.4, -0.2) is 43.8 Å². The average Bonchev–Trinajstić information content (AvgIpc) is 3.17. The van der Waals surface area contributed by atoms with Crippen LogP contribution in [0.3, 0.4) is 0 Å². The van der Waals surface area contributed by atoms with E-state index >= 15 is 0 Å². The van der Waals surface area contributed by atoms with Crippen LogP contribution in [-0.2, 0) is 21.4 Å². The number of nitrogens with one attached hydrogen (secondary N) is 3. The van der Waals surface area contributed by atoms with E-state index in [-0.39, 0.29) is 11.9 Å². The normalized spacial score (nSPS) is 28.6. The Labute approximate surface area is 167 Å². The van der Waals surface area contributed by atoms with E-state index in [1.165, 1.54) is 12.8 Å². The van der Waals surface area contributed by atoms with E-state index in [4.69, 9.17) is 0 Å². The van der Waals surface area contributed by atoms with Gasteiger partial charge in [-0.15, -0.1) is 0 Å². The van der Waals surface area contributed by atoms with Crippen molar-refractivity contribution in [2.75, 3.05) is 13.1 Å². The Balaban J connectivity index is 1.34. The smallest absolute Gasteiger partial charge is 0.243 e. The lowest BCUT2D eigenvalue weighted by molar-refractivity contribution is -0.124. The molecule has 3 unspecified atom stereocenters. The number of piperidine rings is 1. The van der Waals surface area contributed by atoms with Crippen LogP contribution < -0.4 is 16.2 Å². The lowest BCUT2D eigenvalue weighted by Crippen LogP contribution is -2.45. The van der Waals surface area contributed by atoms with E-state index in [1.807, 2.05) is 0 Å². The summed E-state index contributed by atoms with van der Waals surface area (Å²) in [7, 11) is -3.41. The maximum Gasteiger partial charge on any atom is 0.243 e. The van der Waals surface area contributed by atoms with Crippen molar-refractivity contribution in [1.29, 1.82) is 0 Å². The molecule has 0 spiro atoms. The lowest BCUT2D eigenvalue weighted by atomic mass is 9.81. The van der Waals surface area contributed by atoms with Crippen molar-refractivity contribution >= 4 is 15.9 Å². The molecule has 154 valence electrons. The number of amides is 1. The van der Waals surface area contributed by atoms with Crippen molar-refractivity contribution in [3.8, 4) is 0 Å². The summed E-state index contributed by atoms with van der Waals surface area (Å²) in [6.07, 6.45) is 7.54. The highest BCUT2D eigenvalue weighted by Crippen LogP contribution is 2.30. The van der Waals surface area contributed by atoms with Gasteiger partial charge in [-0.2, -0.15) is 4.31 Å². The number of rotatable bonds is 5. The summed E-state index contributed by atoms with van der Waals surface area (Å²) in [6, 6.07) is 7.09. The number of carbonyl (C=O) groups excluding carboxylic acids is 1. The van der Waals surface area contributed by atoms with E-state index in [2.05, 4.69) is 16.2 Å². The van der Waals surface area contributed by atoms with Gasteiger partial charge in [-0.3, -0.25) is 10.2 Å². The van der Waals surface area contributed by atoms with Crippen LogP contribution in [0.4, 0.5) is 0 Å². The number of benzene rings is 1. The molecule has 8 heteroatoms. The molecule has 3 fully saturated rings. The number of hydrogen-bond acceptors (Lipinski definition) is 5. The van der Waals surface area contributed by atoms with Crippen molar-refractivity contribution in [3.05, 3.63) is 29.8 Å². The van der Waals surface area contributed by atoms with E-state index in [0.29, 0.717) is 36.5 Å². The summed E-state index contributed by atoms with van der Waals surface area (Å²) in [4.78, 5) is 12.9. The number of hydrogen-bond donors (Lipinski definition) is 3.